The van der Waals surface area contributed by atoms with Gasteiger partial charge in [0.1, 0.15) is 5.82 Å². The van der Waals surface area contributed by atoms with Crippen LogP contribution in [0.15, 0.2) is 6.07 Å². The lowest BCUT2D eigenvalue weighted by molar-refractivity contribution is -0.141. The van der Waals surface area contributed by atoms with Gasteiger partial charge in [0.2, 0.25) is 5.95 Å². The molecule has 0 amide bonds. The van der Waals surface area contributed by atoms with Gasteiger partial charge in [-0.3, -0.25) is 4.79 Å². The smallest absolute Gasteiger partial charge is 0.433 e. The Morgan fingerprint density at radius 3 is 2.41 bits per heavy atom. The Hall–Kier alpha value is -2.20. The van der Waals surface area contributed by atoms with E-state index in [9.17, 15) is 26.7 Å². The first kappa shape index (κ1) is 18.2. The molecule has 11 heteroatoms. The lowest BCUT2D eigenvalue weighted by Crippen LogP contribution is -2.53. The Labute approximate surface area is 151 Å². The van der Waals surface area contributed by atoms with Crippen molar-refractivity contribution >= 4 is 17.7 Å². The van der Waals surface area contributed by atoms with Crippen molar-refractivity contribution in [2.24, 2.45) is 17.8 Å². The van der Waals surface area contributed by atoms with Gasteiger partial charge in [-0.1, -0.05) is 0 Å². The topological polar surface area (TPSA) is 69.6 Å². The van der Waals surface area contributed by atoms with Gasteiger partial charge >= 0.3 is 12.1 Å². The van der Waals surface area contributed by atoms with Gasteiger partial charge in [0, 0.05) is 32.1 Å². The molecule has 3 aliphatic rings. The summed E-state index contributed by atoms with van der Waals surface area (Å²) in [6, 6.07) is -0.342. The van der Waals surface area contributed by atoms with E-state index in [1.807, 2.05) is 0 Å². The summed E-state index contributed by atoms with van der Waals surface area (Å²) in [5.41, 5.74) is -1.16. The van der Waals surface area contributed by atoms with Gasteiger partial charge < -0.3 is 14.9 Å². The average molecular weight is 392 g/mol. The van der Waals surface area contributed by atoms with Crippen LogP contribution in [0.1, 0.15) is 18.5 Å². The van der Waals surface area contributed by atoms with E-state index in [0.29, 0.717) is 13.1 Å². The summed E-state index contributed by atoms with van der Waals surface area (Å²) in [7, 11) is 0. The molecular formula is C16H17F5N4O2. The number of nitrogens with zero attached hydrogens (tertiary/aromatic N) is 4. The maximum Gasteiger partial charge on any atom is 0.433 e. The minimum absolute atomic E-state index is 0.0424. The molecule has 2 saturated heterocycles. The van der Waals surface area contributed by atoms with Crippen LogP contribution in [-0.2, 0) is 11.0 Å². The number of carboxylic acid groups (broad SMARTS) is 1. The number of anilines is 2. The molecule has 1 N–H and O–H groups in total. The normalized spacial score (nSPS) is 29.7. The van der Waals surface area contributed by atoms with E-state index in [-0.39, 0.29) is 48.9 Å². The summed E-state index contributed by atoms with van der Waals surface area (Å²) in [4.78, 5) is 21.2. The number of carbonyl (C=O) groups is 1. The molecule has 3 heterocycles. The third kappa shape index (κ3) is 3.27. The van der Waals surface area contributed by atoms with Crippen molar-refractivity contribution in [1.82, 2.24) is 9.97 Å². The molecule has 0 unspecified atom stereocenters. The predicted octanol–water partition coefficient (Wildman–Crippen LogP) is 2.50. The van der Waals surface area contributed by atoms with Gasteiger partial charge in [0.25, 0.3) is 6.43 Å². The van der Waals surface area contributed by atoms with Gasteiger partial charge in [-0.05, 0) is 24.2 Å². The number of aliphatic carboxylic acids is 1. The van der Waals surface area contributed by atoms with E-state index in [1.54, 1.807) is 4.90 Å². The molecule has 6 nitrogen and oxygen atoms in total. The SMILES string of the molecule is O=C(O)C[C@H]1[C@H]2CN(c3cc(C(F)(F)F)nc(N4CC[C@@H]4C(F)F)n3)C[C@@H]12. The van der Waals surface area contributed by atoms with Crippen LogP contribution in [0.3, 0.4) is 0 Å². The van der Waals surface area contributed by atoms with Crippen molar-refractivity contribution in [1.29, 1.82) is 0 Å². The van der Waals surface area contributed by atoms with Crippen molar-refractivity contribution in [3.63, 3.8) is 0 Å². The van der Waals surface area contributed by atoms with Crippen LogP contribution in [0.5, 0.6) is 0 Å². The molecular weight excluding hydrogens is 375 g/mol. The number of fused-ring (bicyclic) bond motifs is 1. The number of hydrogen-bond donors (Lipinski definition) is 1. The maximum atomic E-state index is 13.2. The van der Waals surface area contributed by atoms with E-state index in [4.69, 9.17) is 5.11 Å². The Kier molecular flexibility index (Phi) is 4.15. The van der Waals surface area contributed by atoms with E-state index >= 15 is 0 Å². The quantitative estimate of drug-likeness (QED) is 0.777. The summed E-state index contributed by atoms with van der Waals surface area (Å²) < 4.78 is 65.6. The second kappa shape index (κ2) is 6.16. The Bertz CT molecular complexity index is 747. The molecule has 0 spiro atoms. The fraction of sp³-hybridized carbons (Fsp3) is 0.688. The fourth-order valence-corrected chi connectivity index (χ4v) is 4.12. The predicted molar refractivity (Wildman–Crippen MR) is 83.7 cm³/mol. The zero-order chi connectivity index (χ0) is 19.5. The minimum Gasteiger partial charge on any atom is -0.481 e. The number of hydrogen-bond acceptors (Lipinski definition) is 5. The number of rotatable bonds is 5. The van der Waals surface area contributed by atoms with Crippen LogP contribution < -0.4 is 9.80 Å². The van der Waals surface area contributed by atoms with Crippen LogP contribution in [0.25, 0.3) is 0 Å². The second-order valence-corrected chi connectivity index (χ2v) is 7.29. The highest BCUT2D eigenvalue weighted by atomic mass is 19.4. The van der Waals surface area contributed by atoms with Gasteiger partial charge in [-0.25, -0.2) is 13.8 Å². The minimum atomic E-state index is -4.72. The largest absolute Gasteiger partial charge is 0.481 e. The third-order valence-corrected chi connectivity index (χ3v) is 5.71. The van der Waals surface area contributed by atoms with Gasteiger partial charge in [0.15, 0.2) is 5.69 Å². The van der Waals surface area contributed by atoms with Crippen LogP contribution in [0.4, 0.5) is 33.7 Å². The lowest BCUT2D eigenvalue weighted by Gasteiger charge is -2.40. The molecule has 1 aromatic rings. The first-order chi connectivity index (χ1) is 12.6. The van der Waals surface area contributed by atoms with E-state index < -0.39 is 30.3 Å². The number of piperidine rings is 1. The van der Waals surface area contributed by atoms with Crippen LogP contribution in [0, 0.1) is 17.8 Å². The maximum absolute atomic E-state index is 13.2. The number of aromatic nitrogens is 2. The molecule has 1 aliphatic carbocycles. The van der Waals surface area contributed by atoms with Crippen molar-refractivity contribution in [3.8, 4) is 0 Å². The van der Waals surface area contributed by atoms with Crippen LogP contribution in [-0.4, -0.2) is 53.1 Å². The molecule has 0 bridgehead atoms. The molecule has 1 saturated carbocycles. The molecule has 2 aliphatic heterocycles. The molecule has 0 aromatic carbocycles. The monoisotopic (exact) mass is 392 g/mol. The van der Waals surface area contributed by atoms with Gasteiger partial charge in [-0.15, -0.1) is 0 Å². The first-order valence-corrected chi connectivity index (χ1v) is 8.63. The molecule has 4 rings (SSSR count). The number of carboxylic acids is 1. The molecule has 148 valence electrons. The fourth-order valence-electron chi connectivity index (χ4n) is 4.12. The van der Waals surface area contributed by atoms with E-state index in [0.717, 1.165) is 11.0 Å². The van der Waals surface area contributed by atoms with Crippen molar-refractivity contribution in [2.45, 2.75) is 31.5 Å². The molecule has 27 heavy (non-hydrogen) atoms. The highest BCUT2D eigenvalue weighted by Gasteiger charge is 2.56. The Morgan fingerprint density at radius 1 is 1.26 bits per heavy atom. The zero-order valence-electron chi connectivity index (χ0n) is 14.0. The summed E-state index contributed by atoms with van der Waals surface area (Å²) >= 11 is 0. The van der Waals surface area contributed by atoms with Gasteiger partial charge in [-0.2, -0.15) is 18.2 Å². The average Bonchev–Trinajstić information content (AvgIpc) is 2.96. The highest BCUT2D eigenvalue weighted by Crippen LogP contribution is 2.54. The third-order valence-electron chi connectivity index (χ3n) is 5.71. The molecule has 0 radical (unpaired) electrons. The molecule has 1 aromatic heterocycles. The standard InChI is InChI=1S/C16H17F5N4O2/c17-14(18)10-1-2-25(10)15-22-11(16(19,20)21)4-12(23-15)24-5-8-7(3-13(26)27)9(8)6-24/h4,7-10,14H,1-3,5-6H2,(H,26,27)/t7-,8+,9-,10-/m1/s1. The van der Waals surface area contributed by atoms with Crippen molar-refractivity contribution in [2.75, 3.05) is 29.4 Å². The summed E-state index contributed by atoms with van der Waals surface area (Å²) in [5.74, 6) is -0.896. The Morgan fingerprint density at radius 2 is 1.93 bits per heavy atom. The zero-order valence-corrected chi connectivity index (χ0v) is 14.0. The van der Waals surface area contributed by atoms with Crippen molar-refractivity contribution < 1.29 is 31.9 Å². The van der Waals surface area contributed by atoms with Crippen LogP contribution >= 0.6 is 0 Å². The lowest BCUT2D eigenvalue weighted by atomic mass is 10.1. The summed E-state index contributed by atoms with van der Waals surface area (Å²) in [6.45, 7) is 1.00. The second-order valence-electron chi connectivity index (χ2n) is 7.29. The summed E-state index contributed by atoms with van der Waals surface area (Å²) in [6.07, 6.45) is -7.17. The van der Waals surface area contributed by atoms with E-state index in [1.165, 1.54) is 0 Å². The van der Waals surface area contributed by atoms with E-state index in [2.05, 4.69) is 9.97 Å². The van der Waals surface area contributed by atoms with Gasteiger partial charge in [0.05, 0.1) is 6.04 Å². The Balaban J connectivity index is 1.57. The first-order valence-electron chi connectivity index (χ1n) is 8.63. The molecule has 3 fully saturated rings. The molecule has 4 atom stereocenters. The van der Waals surface area contributed by atoms with Crippen LogP contribution in [0.2, 0.25) is 0 Å². The van der Waals surface area contributed by atoms with Crippen molar-refractivity contribution in [3.05, 3.63) is 11.8 Å². The summed E-state index contributed by atoms with van der Waals surface area (Å²) in [5, 5.41) is 8.86. The number of halogens is 5. The highest BCUT2D eigenvalue weighted by molar-refractivity contribution is 5.68. The number of alkyl halides is 5.